The van der Waals surface area contributed by atoms with Crippen LogP contribution in [0.25, 0.3) is 0 Å². The van der Waals surface area contributed by atoms with Crippen molar-refractivity contribution in [2.45, 2.75) is 13.0 Å². The zero-order valence-electron chi connectivity index (χ0n) is 11.8. The van der Waals surface area contributed by atoms with Crippen LogP contribution in [0.5, 0.6) is 11.5 Å². The molecule has 106 valence electrons. The SMILES string of the molecule is COc1cc(Br)ccc1C(N)c1cc(C)ccc1OC. The third-order valence-electron chi connectivity index (χ3n) is 3.25. The van der Waals surface area contributed by atoms with Crippen molar-refractivity contribution in [1.29, 1.82) is 0 Å². The van der Waals surface area contributed by atoms with Gasteiger partial charge in [0.05, 0.1) is 20.3 Å². The molecule has 0 aliphatic heterocycles. The van der Waals surface area contributed by atoms with Crippen LogP contribution >= 0.6 is 15.9 Å². The molecule has 2 aromatic rings. The average molecular weight is 336 g/mol. The van der Waals surface area contributed by atoms with Gasteiger partial charge in [-0.2, -0.15) is 0 Å². The second-order valence-corrected chi connectivity index (χ2v) is 5.53. The van der Waals surface area contributed by atoms with E-state index in [4.69, 9.17) is 15.2 Å². The molecule has 0 heterocycles. The lowest BCUT2D eigenvalue weighted by atomic mass is 9.96. The minimum absolute atomic E-state index is 0.298. The summed E-state index contributed by atoms with van der Waals surface area (Å²) in [5, 5.41) is 0. The zero-order valence-corrected chi connectivity index (χ0v) is 13.4. The summed E-state index contributed by atoms with van der Waals surface area (Å²) in [6.07, 6.45) is 0. The van der Waals surface area contributed by atoms with Crippen molar-refractivity contribution in [2.75, 3.05) is 14.2 Å². The first-order chi connectivity index (χ1) is 9.56. The van der Waals surface area contributed by atoms with E-state index in [-0.39, 0.29) is 6.04 Å². The van der Waals surface area contributed by atoms with Crippen LogP contribution in [-0.4, -0.2) is 14.2 Å². The van der Waals surface area contributed by atoms with Crippen LogP contribution in [0.3, 0.4) is 0 Å². The zero-order chi connectivity index (χ0) is 14.7. The molecule has 2 N–H and O–H groups in total. The van der Waals surface area contributed by atoms with E-state index in [1.165, 1.54) is 0 Å². The summed E-state index contributed by atoms with van der Waals surface area (Å²) >= 11 is 3.44. The van der Waals surface area contributed by atoms with Crippen LogP contribution in [0, 0.1) is 6.92 Å². The predicted molar refractivity (Wildman–Crippen MR) is 84.5 cm³/mol. The molecule has 0 saturated carbocycles. The molecule has 0 aliphatic carbocycles. The van der Waals surface area contributed by atoms with Crippen LogP contribution in [0.15, 0.2) is 40.9 Å². The number of ether oxygens (including phenoxy) is 2. The normalized spacial score (nSPS) is 12.1. The Morgan fingerprint density at radius 2 is 1.65 bits per heavy atom. The molecule has 1 unspecified atom stereocenters. The maximum atomic E-state index is 6.41. The number of benzene rings is 2. The fourth-order valence-corrected chi connectivity index (χ4v) is 2.55. The molecule has 0 aliphatic rings. The molecule has 0 saturated heterocycles. The molecule has 0 fully saturated rings. The first-order valence-corrected chi connectivity index (χ1v) is 7.09. The summed E-state index contributed by atoms with van der Waals surface area (Å²) in [4.78, 5) is 0. The van der Waals surface area contributed by atoms with Crippen LogP contribution in [-0.2, 0) is 0 Å². The number of hydrogen-bond acceptors (Lipinski definition) is 3. The Bertz CT molecular complexity index is 613. The van der Waals surface area contributed by atoms with E-state index < -0.39 is 0 Å². The van der Waals surface area contributed by atoms with Gasteiger partial charge >= 0.3 is 0 Å². The van der Waals surface area contributed by atoms with E-state index in [9.17, 15) is 0 Å². The maximum Gasteiger partial charge on any atom is 0.125 e. The molecule has 0 bridgehead atoms. The van der Waals surface area contributed by atoms with Crippen LogP contribution in [0.2, 0.25) is 0 Å². The number of aryl methyl sites for hydroxylation is 1. The Hall–Kier alpha value is -1.52. The van der Waals surface area contributed by atoms with E-state index >= 15 is 0 Å². The van der Waals surface area contributed by atoms with Gasteiger partial charge in [0.25, 0.3) is 0 Å². The van der Waals surface area contributed by atoms with Crippen LogP contribution in [0.4, 0.5) is 0 Å². The van der Waals surface area contributed by atoms with Gasteiger partial charge in [-0.25, -0.2) is 0 Å². The minimum atomic E-state index is -0.298. The number of hydrogen-bond donors (Lipinski definition) is 1. The Morgan fingerprint density at radius 1 is 0.950 bits per heavy atom. The van der Waals surface area contributed by atoms with Crippen molar-refractivity contribution in [3.05, 3.63) is 57.6 Å². The lowest BCUT2D eigenvalue weighted by Gasteiger charge is -2.19. The van der Waals surface area contributed by atoms with Gasteiger partial charge in [0.1, 0.15) is 11.5 Å². The van der Waals surface area contributed by atoms with Crippen LogP contribution in [0.1, 0.15) is 22.7 Å². The van der Waals surface area contributed by atoms with Gasteiger partial charge in [0.15, 0.2) is 0 Å². The lowest BCUT2D eigenvalue weighted by molar-refractivity contribution is 0.400. The molecular weight excluding hydrogens is 318 g/mol. The summed E-state index contributed by atoms with van der Waals surface area (Å²) < 4.78 is 11.8. The predicted octanol–water partition coefficient (Wildman–Crippen LogP) is 3.82. The van der Waals surface area contributed by atoms with Crippen molar-refractivity contribution in [1.82, 2.24) is 0 Å². The van der Waals surface area contributed by atoms with Gasteiger partial charge in [-0.15, -0.1) is 0 Å². The number of rotatable bonds is 4. The van der Waals surface area contributed by atoms with Crippen molar-refractivity contribution in [2.24, 2.45) is 5.73 Å². The monoisotopic (exact) mass is 335 g/mol. The third-order valence-corrected chi connectivity index (χ3v) is 3.74. The maximum absolute atomic E-state index is 6.41. The standard InChI is InChI=1S/C16H18BrNO2/c1-10-4-7-14(19-2)13(8-10)16(18)12-6-5-11(17)9-15(12)20-3/h4-9,16H,18H2,1-3H3. The number of halogens is 1. The molecule has 0 spiro atoms. The van der Waals surface area contributed by atoms with Crippen molar-refractivity contribution in [3.63, 3.8) is 0 Å². The van der Waals surface area contributed by atoms with E-state index in [1.807, 2.05) is 43.3 Å². The van der Waals surface area contributed by atoms with E-state index in [0.717, 1.165) is 32.7 Å². The van der Waals surface area contributed by atoms with Gasteiger partial charge in [-0.3, -0.25) is 0 Å². The Kier molecular flexibility index (Phi) is 4.68. The quantitative estimate of drug-likeness (QED) is 0.923. The molecule has 3 nitrogen and oxygen atoms in total. The second-order valence-electron chi connectivity index (χ2n) is 4.61. The molecule has 1 atom stereocenters. The van der Waals surface area contributed by atoms with Gasteiger partial charge in [0.2, 0.25) is 0 Å². The first kappa shape index (κ1) is 14.9. The Balaban J connectivity index is 2.51. The van der Waals surface area contributed by atoms with Gasteiger partial charge in [-0.1, -0.05) is 39.7 Å². The molecule has 20 heavy (non-hydrogen) atoms. The first-order valence-electron chi connectivity index (χ1n) is 6.30. The third kappa shape index (κ3) is 2.97. The lowest BCUT2D eigenvalue weighted by Crippen LogP contribution is -2.14. The summed E-state index contributed by atoms with van der Waals surface area (Å²) in [5.41, 5.74) is 9.44. The van der Waals surface area contributed by atoms with Crippen LogP contribution < -0.4 is 15.2 Å². The van der Waals surface area contributed by atoms with Crippen molar-refractivity contribution in [3.8, 4) is 11.5 Å². The largest absolute Gasteiger partial charge is 0.496 e. The fourth-order valence-electron chi connectivity index (χ4n) is 2.21. The molecular formula is C16H18BrNO2. The van der Waals surface area contributed by atoms with Crippen molar-refractivity contribution >= 4 is 15.9 Å². The molecule has 2 aromatic carbocycles. The summed E-state index contributed by atoms with van der Waals surface area (Å²) in [6, 6.07) is 11.5. The Morgan fingerprint density at radius 3 is 2.30 bits per heavy atom. The number of methoxy groups -OCH3 is 2. The second kappa shape index (κ2) is 6.29. The van der Waals surface area contributed by atoms with Gasteiger partial charge in [-0.05, 0) is 25.1 Å². The van der Waals surface area contributed by atoms with E-state index in [2.05, 4.69) is 15.9 Å². The highest BCUT2D eigenvalue weighted by Gasteiger charge is 2.18. The fraction of sp³-hybridized carbons (Fsp3) is 0.250. The highest BCUT2D eigenvalue weighted by Crippen LogP contribution is 2.35. The highest BCUT2D eigenvalue weighted by molar-refractivity contribution is 9.10. The molecule has 2 rings (SSSR count). The highest BCUT2D eigenvalue weighted by atomic mass is 79.9. The Labute approximate surface area is 127 Å². The van der Waals surface area contributed by atoms with Crippen molar-refractivity contribution < 1.29 is 9.47 Å². The van der Waals surface area contributed by atoms with E-state index in [1.54, 1.807) is 14.2 Å². The average Bonchev–Trinajstić information content (AvgIpc) is 2.46. The summed E-state index contributed by atoms with van der Waals surface area (Å²) in [7, 11) is 3.30. The van der Waals surface area contributed by atoms with E-state index in [0.29, 0.717) is 0 Å². The molecule has 4 heteroatoms. The topological polar surface area (TPSA) is 44.5 Å². The molecule has 0 amide bonds. The van der Waals surface area contributed by atoms with Gasteiger partial charge < -0.3 is 15.2 Å². The minimum Gasteiger partial charge on any atom is -0.496 e. The smallest absolute Gasteiger partial charge is 0.125 e. The van der Waals surface area contributed by atoms with Gasteiger partial charge in [0, 0.05) is 15.6 Å². The summed E-state index contributed by atoms with van der Waals surface area (Å²) in [5.74, 6) is 1.54. The molecule has 0 radical (unpaired) electrons. The molecule has 0 aromatic heterocycles. The summed E-state index contributed by atoms with van der Waals surface area (Å²) in [6.45, 7) is 2.04. The number of nitrogens with two attached hydrogens (primary N) is 1.